The number of carbonyl (C=O) groups is 1. The van der Waals surface area contributed by atoms with Crippen molar-refractivity contribution in [1.29, 1.82) is 0 Å². The Morgan fingerprint density at radius 2 is 1.23 bits per heavy atom. The predicted molar refractivity (Wildman–Crippen MR) is 151 cm³/mol. The lowest BCUT2D eigenvalue weighted by molar-refractivity contribution is 0.112. The number of carbonyl (C=O) groups excluding carboxylic acids is 1. The summed E-state index contributed by atoms with van der Waals surface area (Å²) in [5.74, 6) is 0.514. The summed E-state index contributed by atoms with van der Waals surface area (Å²) in [6.07, 6.45) is 2.71. The Labute approximate surface area is 215 Å². The van der Waals surface area contributed by atoms with Crippen molar-refractivity contribution in [3.05, 3.63) is 92.3 Å². The number of aliphatic imine (C=N–C) groups is 1. The van der Waals surface area contributed by atoms with Crippen molar-refractivity contribution in [1.82, 2.24) is 0 Å². The molecule has 0 fully saturated rings. The molecule has 6 nitrogen and oxygen atoms in total. The summed E-state index contributed by atoms with van der Waals surface area (Å²) in [4.78, 5) is 18.7. The van der Waals surface area contributed by atoms with E-state index in [1.54, 1.807) is 66.8 Å². The maximum atomic E-state index is 10.0. The lowest BCUT2D eigenvalue weighted by atomic mass is 10.3. The number of aldehydes is 1. The topological polar surface area (TPSA) is 116 Å². The zero-order valence-electron chi connectivity index (χ0n) is 19.4. The van der Waals surface area contributed by atoms with Crippen LogP contribution in [0.3, 0.4) is 0 Å². The highest BCUT2D eigenvalue weighted by molar-refractivity contribution is 7.13. The first-order chi connectivity index (χ1) is 16.3. The van der Waals surface area contributed by atoms with Crippen LogP contribution in [0.1, 0.15) is 38.7 Å². The molecule has 4 rings (SSSR count). The molecule has 188 valence electrons. The van der Waals surface area contributed by atoms with E-state index >= 15 is 0 Å². The van der Waals surface area contributed by atoms with Crippen LogP contribution in [0.5, 0.6) is 11.5 Å². The molecule has 0 radical (unpaired) electrons. The average molecular weight is 515 g/mol. The van der Waals surface area contributed by atoms with E-state index in [0.29, 0.717) is 5.69 Å². The summed E-state index contributed by atoms with van der Waals surface area (Å²) in [6, 6.07) is 21.1. The van der Waals surface area contributed by atoms with Crippen LogP contribution < -0.4 is 5.73 Å². The molecule has 8 heteroatoms. The van der Waals surface area contributed by atoms with Gasteiger partial charge < -0.3 is 21.1 Å². The molecule has 0 aliphatic carbocycles. The SMILES string of the molecule is C.CCO.Cc1ccc(C=Nc2ccc(O)cc2)s1.Cc1ccc(C=O)s1.Nc1ccc(O)cc1. The smallest absolute Gasteiger partial charge is 0.160 e. The molecule has 4 aromatic rings. The van der Waals surface area contributed by atoms with Gasteiger partial charge in [0.05, 0.1) is 10.6 Å². The van der Waals surface area contributed by atoms with Crippen LogP contribution >= 0.6 is 22.7 Å². The third-order valence-corrected chi connectivity index (χ3v) is 5.58. The van der Waals surface area contributed by atoms with Gasteiger partial charge in [-0.2, -0.15) is 0 Å². The highest BCUT2D eigenvalue weighted by Crippen LogP contribution is 2.18. The zero-order chi connectivity index (χ0) is 25.3. The van der Waals surface area contributed by atoms with Gasteiger partial charge in [0, 0.05) is 33.1 Å². The van der Waals surface area contributed by atoms with Gasteiger partial charge in [-0.05, 0) is 93.6 Å². The highest BCUT2D eigenvalue weighted by Gasteiger charge is 1.93. The number of nitrogens with zero attached hydrogens (tertiary/aromatic N) is 1. The largest absolute Gasteiger partial charge is 0.508 e. The van der Waals surface area contributed by atoms with Crippen molar-refractivity contribution < 1.29 is 20.1 Å². The summed E-state index contributed by atoms with van der Waals surface area (Å²) in [6.45, 7) is 5.99. The molecular formula is C27H34N2O4S2. The second kappa shape index (κ2) is 17.9. The van der Waals surface area contributed by atoms with Gasteiger partial charge in [0.15, 0.2) is 6.29 Å². The third kappa shape index (κ3) is 14.4. The Morgan fingerprint density at radius 1 is 0.800 bits per heavy atom. The van der Waals surface area contributed by atoms with Gasteiger partial charge >= 0.3 is 0 Å². The fraction of sp³-hybridized carbons (Fsp3) is 0.185. The molecule has 2 heterocycles. The molecule has 5 N–H and O–H groups in total. The van der Waals surface area contributed by atoms with Gasteiger partial charge in [0.1, 0.15) is 11.5 Å². The normalized spacial score (nSPS) is 9.37. The fourth-order valence-corrected chi connectivity index (χ4v) is 3.63. The van der Waals surface area contributed by atoms with Crippen molar-refractivity contribution in [2.75, 3.05) is 12.3 Å². The standard InChI is InChI=1S/C12H11NOS.C6H7NO.C6H6OS.C2H6O.CH4/c1-9-2-7-12(15-9)8-13-10-3-5-11(14)6-4-10;7-5-1-3-6(8)4-2-5;1-5-2-3-6(4-7)8-5;1-2-3;/h2-8,14H,1H3;1-4,8H,7H2;2-4H,1H3;3H,2H2,1H3;1H4. The molecule has 0 atom stereocenters. The van der Waals surface area contributed by atoms with E-state index in [4.69, 9.17) is 21.1 Å². The molecular weight excluding hydrogens is 480 g/mol. The number of aliphatic hydroxyl groups is 1. The number of phenols is 2. The molecule has 0 bridgehead atoms. The van der Waals surface area contributed by atoms with Crippen LogP contribution in [-0.4, -0.2) is 34.4 Å². The van der Waals surface area contributed by atoms with Crippen LogP contribution in [0.2, 0.25) is 0 Å². The average Bonchev–Trinajstić information content (AvgIpc) is 3.44. The zero-order valence-corrected chi connectivity index (χ0v) is 21.0. The summed E-state index contributed by atoms with van der Waals surface area (Å²) in [7, 11) is 0. The van der Waals surface area contributed by atoms with E-state index in [9.17, 15) is 4.79 Å². The second-order valence-electron chi connectivity index (χ2n) is 6.70. The summed E-state index contributed by atoms with van der Waals surface area (Å²) < 4.78 is 0. The Bertz CT molecular complexity index is 1100. The predicted octanol–water partition coefficient (Wildman–Crippen LogP) is 6.99. The van der Waals surface area contributed by atoms with E-state index < -0.39 is 0 Å². The maximum Gasteiger partial charge on any atom is 0.160 e. The Kier molecular flexibility index (Phi) is 16.2. The van der Waals surface area contributed by atoms with Crippen LogP contribution in [0.25, 0.3) is 0 Å². The van der Waals surface area contributed by atoms with E-state index in [0.717, 1.165) is 21.7 Å². The van der Waals surface area contributed by atoms with Crippen LogP contribution in [0.4, 0.5) is 11.4 Å². The first-order valence-corrected chi connectivity index (χ1v) is 12.0. The van der Waals surface area contributed by atoms with Gasteiger partial charge in [0.2, 0.25) is 0 Å². The molecule has 2 aromatic carbocycles. The van der Waals surface area contributed by atoms with Crippen LogP contribution in [0.15, 0.2) is 77.8 Å². The van der Waals surface area contributed by atoms with E-state index in [2.05, 4.69) is 18.0 Å². The summed E-state index contributed by atoms with van der Waals surface area (Å²) >= 11 is 3.23. The molecule has 0 saturated heterocycles. The Hall–Kier alpha value is -3.46. The van der Waals surface area contributed by atoms with Crippen molar-refractivity contribution in [2.45, 2.75) is 28.2 Å². The van der Waals surface area contributed by atoms with Crippen molar-refractivity contribution in [3.63, 3.8) is 0 Å². The molecule has 0 aliphatic rings. The number of phenolic OH excluding ortho intramolecular Hbond substituents is 2. The number of aryl methyl sites for hydroxylation is 2. The fourth-order valence-electron chi connectivity index (χ4n) is 2.19. The van der Waals surface area contributed by atoms with Gasteiger partial charge in [-0.25, -0.2) is 0 Å². The Balaban J connectivity index is 0.000000495. The number of nitrogens with two attached hydrogens (primary N) is 1. The van der Waals surface area contributed by atoms with Gasteiger partial charge in [-0.3, -0.25) is 9.79 Å². The molecule has 35 heavy (non-hydrogen) atoms. The number of aliphatic hydroxyl groups excluding tert-OH is 1. The maximum absolute atomic E-state index is 10.0. The summed E-state index contributed by atoms with van der Waals surface area (Å²) in [5, 5.41) is 25.4. The minimum absolute atomic E-state index is 0. The lowest BCUT2D eigenvalue weighted by Crippen LogP contribution is -1.80. The number of rotatable bonds is 3. The van der Waals surface area contributed by atoms with E-state index in [-0.39, 0.29) is 25.5 Å². The molecule has 0 unspecified atom stereocenters. The number of hydrogen-bond acceptors (Lipinski definition) is 8. The van der Waals surface area contributed by atoms with Crippen molar-refractivity contribution in [2.24, 2.45) is 4.99 Å². The number of benzene rings is 2. The monoisotopic (exact) mass is 514 g/mol. The number of nitrogen functional groups attached to an aromatic ring is 1. The first-order valence-electron chi connectivity index (χ1n) is 10.3. The number of hydrogen-bond donors (Lipinski definition) is 4. The quantitative estimate of drug-likeness (QED) is 0.102. The minimum Gasteiger partial charge on any atom is -0.508 e. The van der Waals surface area contributed by atoms with Gasteiger partial charge in [-0.1, -0.05) is 7.43 Å². The second-order valence-corrected chi connectivity index (χ2v) is 9.34. The van der Waals surface area contributed by atoms with Gasteiger partial charge in [0.25, 0.3) is 0 Å². The molecule has 0 amide bonds. The van der Waals surface area contributed by atoms with E-state index in [1.165, 1.54) is 21.1 Å². The lowest BCUT2D eigenvalue weighted by Gasteiger charge is -1.92. The molecule has 0 saturated carbocycles. The molecule has 2 aromatic heterocycles. The summed E-state index contributed by atoms with van der Waals surface area (Å²) in [5.41, 5.74) is 6.83. The number of anilines is 1. The van der Waals surface area contributed by atoms with Crippen molar-refractivity contribution in [3.8, 4) is 11.5 Å². The van der Waals surface area contributed by atoms with E-state index in [1.807, 2.05) is 31.3 Å². The van der Waals surface area contributed by atoms with Crippen LogP contribution in [-0.2, 0) is 0 Å². The van der Waals surface area contributed by atoms with Crippen LogP contribution in [0, 0.1) is 13.8 Å². The van der Waals surface area contributed by atoms with Gasteiger partial charge in [-0.15, -0.1) is 22.7 Å². The third-order valence-electron chi connectivity index (χ3n) is 3.72. The van der Waals surface area contributed by atoms with Crippen molar-refractivity contribution >= 4 is 46.5 Å². The highest BCUT2D eigenvalue weighted by atomic mass is 32.1. The number of thiophene rings is 2. The minimum atomic E-state index is 0. The Morgan fingerprint density at radius 3 is 1.57 bits per heavy atom. The first kappa shape index (κ1) is 31.5. The molecule has 0 aliphatic heterocycles. The molecule has 0 spiro atoms. The number of aromatic hydroxyl groups is 2.